The van der Waals surface area contributed by atoms with Crippen molar-refractivity contribution in [3.8, 4) is 39.9 Å². The Morgan fingerprint density at radius 2 is 1.50 bits per heavy atom. The number of ketones is 1. The summed E-state index contributed by atoms with van der Waals surface area (Å²) in [5, 5.41) is 20.5. The number of ether oxygens (including phenoxy) is 3. The van der Waals surface area contributed by atoms with Crippen LogP contribution in [0.1, 0.15) is 22.3 Å². The number of rotatable bonds is 3. The van der Waals surface area contributed by atoms with Gasteiger partial charge in [-0.25, -0.2) is 0 Å². The van der Waals surface area contributed by atoms with E-state index in [2.05, 4.69) is 0 Å². The number of methoxy groups -OCH3 is 3. The molecule has 0 saturated heterocycles. The summed E-state index contributed by atoms with van der Waals surface area (Å²) in [4.78, 5) is 24.6. The lowest BCUT2D eigenvalue weighted by atomic mass is 9.95. The van der Waals surface area contributed by atoms with Crippen molar-refractivity contribution < 1.29 is 29.2 Å². The van der Waals surface area contributed by atoms with Gasteiger partial charge in [-0.1, -0.05) is 0 Å². The monoisotopic (exact) mass is 358 g/mol. The van der Waals surface area contributed by atoms with E-state index in [9.17, 15) is 19.8 Å². The zero-order valence-electron chi connectivity index (χ0n) is 14.6. The summed E-state index contributed by atoms with van der Waals surface area (Å²) < 4.78 is 16.1. The SMILES string of the molecule is COc1c(O)c2c(c(OC)c1OC)-c1ccc(O)c(=O)cc1C(=O)CC2. The molecule has 26 heavy (non-hydrogen) atoms. The molecule has 7 heteroatoms. The Labute approximate surface area is 149 Å². The first-order chi connectivity index (χ1) is 12.4. The number of hydrogen-bond acceptors (Lipinski definition) is 7. The van der Waals surface area contributed by atoms with Gasteiger partial charge in [-0.3, -0.25) is 9.59 Å². The van der Waals surface area contributed by atoms with Gasteiger partial charge in [0.05, 0.1) is 21.3 Å². The molecule has 0 spiro atoms. The maximum absolute atomic E-state index is 12.6. The average Bonchev–Trinajstić information content (AvgIpc) is 2.86. The zero-order valence-corrected chi connectivity index (χ0v) is 14.6. The van der Waals surface area contributed by atoms with Crippen molar-refractivity contribution in [3.05, 3.63) is 39.5 Å². The van der Waals surface area contributed by atoms with Crippen LogP contribution in [0, 0.1) is 0 Å². The number of aromatic hydroxyl groups is 2. The van der Waals surface area contributed by atoms with Crippen molar-refractivity contribution >= 4 is 5.78 Å². The van der Waals surface area contributed by atoms with Crippen LogP contribution in [0.4, 0.5) is 0 Å². The molecule has 3 rings (SSSR count). The second-order valence-electron chi connectivity index (χ2n) is 5.78. The maximum Gasteiger partial charge on any atom is 0.220 e. The smallest absolute Gasteiger partial charge is 0.220 e. The van der Waals surface area contributed by atoms with Gasteiger partial charge < -0.3 is 24.4 Å². The van der Waals surface area contributed by atoms with Gasteiger partial charge in [0.15, 0.2) is 23.0 Å². The Morgan fingerprint density at radius 1 is 0.846 bits per heavy atom. The minimum Gasteiger partial charge on any atom is -0.504 e. The van der Waals surface area contributed by atoms with Gasteiger partial charge in [0, 0.05) is 29.2 Å². The molecule has 0 heterocycles. The molecule has 0 aromatic heterocycles. The quantitative estimate of drug-likeness (QED) is 0.868. The van der Waals surface area contributed by atoms with Crippen molar-refractivity contribution in [2.75, 3.05) is 21.3 Å². The molecule has 0 atom stereocenters. The fourth-order valence-electron chi connectivity index (χ4n) is 3.25. The van der Waals surface area contributed by atoms with Crippen LogP contribution in [0.3, 0.4) is 0 Å². The third kappa shape index (κ3) is 2.52. The second-order valence-corrected chi connectivity index (χ2v) is 5.78. The van der Waals surface area contributed by atoms with Crippen LogP contribution in [0.25, 0.3) is 11.1 Å². The topological polar surface area (TPSA) is 102 Å². The van der Waals surface area contributed by atoms with E-state index in [4.69, 9.17) is 14.2 Å². The number of phenols is 1. The Hall–Kier alpha value is -3.22. The summed E-state index contributed by atoms with van der Waals surface area (Å²) >= 11 is 0. The van der Waals surface area contributed by atoms with E-state index in [0.29, 0.717) is 16.7 Å². The molecule has 0 fully saturated rings. The van der Waals surface area contributed by atoms with Crippen LogP contribution in [0.15, 0.2) is 23.0 Å². The van der Waals surface area contributed by atoms with Gasteiger partial charge in [-0.15, -0.1) is 0 Å². The van der Waals surface area contributed by atoms with Gasteiger partial charge in [0.2, 0.25) is 16.9 Å². The fourth-order valence-corrected chi connectivity index (χ4v) is 3.25. The van der Waals surface area contributed by atoms with Crippen molar-refractivity contribution in [1.29, 1.82) is 0 Å². The molecule has 0 amide bonds. The highest BCUT2D eigenvalue weighted by molar-refractivity contribution is 6.05. The van der Waals surface area contributed by atoms with Gasteiger partial charge in [0.25, 0.3) is 0 Å². The first kappa shape index (κ1) is 17.6. The van der Waals surface area contributed by atoms with E-state index in [1.165, 1.54) is 33.5 Å². The summed E-state index contributed by atoms with van der Waals surface area (Å²) in [5.74, 6) is -0.360. The lowest BCUT2D eigenvalue weighted by Crippen LogP contribution is -2.03. The predicted octanol–water partition coefficient (Wildman–Crippen LogP) is 2.28. The Balaban J connectivity index is 2.53. The van der Waals surface area contributed by atoms with Crippen LogP contribution in [0.5, 0.6) is 28.7 Å². The molecule has 2 N–H and O–H groups in total. The summed E-state index contributed by atoms with van der Waals surface area (Å²) in [7, 11) is 4.23. The number of benzene rings is 1. The fraction of sp³-hybridized carbons (Fsp3) is 0.263. The van der Waals surface area contributed by atoms with E-state index in [-0.39, 0.29) is 47.2 Å². The lowest BCUT2D eigenvalue weighted by Gasteiger charge is -2.20. The first-order valence-corrected chi connectivity index (χ1v) is 7.89. The molecule has 2 aromatic carbocycles. The van der Waals surface area contributed by atoms with Gasteiger partial charge in [0.1, 0.15) is 0 Å². The molecular formula is C19H18O7. The number of fused-ring (bicyclic) bond motifs is 3. The van der Waals surface area contributed by atoms with E-state index in [0.717, 1.165) is 6.07 Å². The summed E-state index contributed by atoms with van der Waals surface area (Å²) in [6.45, 7) is 0. The summed E-state index contributed by atoms with van der Waals surface area (Å²) in [5.41, 5.74) is 0.738. The molecule has 1 aliphatic carbocycles. The molecule has 0 aliphatic heterocycles. The van der Waals surface area contributed by atoms with Crippen molar-refractivity contribution in [2.45, 2.75) is 12.8 Å². The standard InChI is InChI=1S/C19H18O7/c1-24-17-15-9-4-7-13(21)14(22)8-11(9)12(20)6-5-10(15)16(23)18(25-2)19(17)26-3/h4,7-8,23H,5-6H2,1-3H3,(H,21,22). The normalized spacial score (nSPS) is 12.7. The van der Waals surface area contributed by atoms with Crippen molar-refractivity contribution in [2.24, 2.45) is 0 Å². The lowest BCUT2D eigenvalue weighted by molar-refractivity contribution is 0.0984. The Kier molecular flexibility index (Phi) is 4.46. The summed E-state index contributed by atoms with van der Waals surface area (Å²) in [6.07, 6.45) is 0.311. The Morgan fingerprint density at radius 3 is 2.12 bits per heavy atom. The molecule has 1 aliphatic rings. The molecule has 0 radical (unpaired) electrons. The van der Waals surface area contributed by atoms with Gasteiger partial charge in [-0.2, -0.15) is 0 Å². The van der Waals surface area contributed by atoms with E-state index in [1.807, 2.05) is 0 Å². The van der Waals surface area contributed by atoms with Gasteiger partial charge in [-0.05, 0) is 24.1 Å². The van der Waals surface area contributed by atoms with Gasteiger partial charge >= 0.3 is 0 Å². The van der Waals surface area contributed by atoms with Crippen molar-refractivity contribution in [3.63, 3.8) is 0 Å². The third-order valence-corrected chi connectivity index (χ3v) is 4.45. The molecule has 2 aromatic rings. The van der Waals surface area contributed by atoms with Crippen LogP contribution >= 0.6 is 0 Å². The first-order valence-electron chi connectivity index (χ1n) is 7.89. The predicted molar refractivity (Wildman–Crippen MR) is 93.8 cm³/mol. The average molecular weight is 358 g/mol. The molecule has 7 nitrogen and oxygen atoms in total. The number of carbonyl (C=O) groups excluding carboxylic acids is 1. The summed E-state index contributed by atoms with van der Waals surface area (Å²) in [6, 6.07) is 3.79. The maximum atomic E-state index is 12.6. The van der Waals surface area contributed by atoms with Crippen LogP contribution in [0.2, 0.25) is 0 Å². The van der Waals surface area contributed by atoms with Crippen LogP contribution < -0.4 is 19.6 Å². The second kappa shape index (κ2) is 6.59. The molecule has 0 bridgehead atoms. The number of carbonyl (C=O) groups is 1. The molecular weight excluding hydrogens is 340 g/mol. The number of phenolic OH excluding ortho intramolecular Hbond substituents is 1. The minimum atomic E-state index is -0.660. The molecule has 136 valence electrons. The van der Waals surface area contributed by atoms with E-state index >= 15 is 0 Å². The largest absolute Gasteiger partial charge is 0.504 e. The van der Waals surface area contributed by atoms with E-state index < -0.39 is 11.2 Å². The van der Waals surface area contributed by atoms with E-state index in [1.54, 1.807) is 0 Å². The highest BCUT2D eigenvalue weighted by atomic mass is 16.5. The van der Waals surface area contributed by atoms with Crippen LogP contribution in [-0.2, 0) is 6.42 Å². The minimum absolute atomic E-state index is 0.0798. The Bertz CT molecular complexity index is 963. The highest BCUT2D eigenvalue weighted by Crippen LogP contribution is 2.54. The van der Waals surface area contributed by atoms with Crippen molar-refractivity contribution in [1.82, 2.24) is 0 Å². The highest BCUT2D eigenvalue weighted by Gasteiger charge is 2.31. The number of Topliss-reactive ketones (excluding diaryl/α,β-unsaturated/α-hetero) is 1. The zero-order chi connectivity index (χ0) is 19.0. The third-order valence-electron chi connectivity index (χ3n) is 4.45. The molecule has 0 unspecified atom stereocenters. The number of hydrogen-bond donors (Lipinski definition) is 2. The molecule has 0 saturated carbocycles. The van der Waals surface area contributed by atoms with Crippen LogP contribution in [-0.4, -0.2) is 37.3 Å².